The molecule has 10 heteroatoms. The Morgan fingerprint density at radius 3 is 1.70 bits per heavy atom. The summed E-state index contributed by atoms with van der Waals surface area (Å²) in [6, 6.07) is 8.01. The molecule has 0 fully saturated rings. The average Bonchev–Trinajstić information content (AvgIpc) is 3.02. The third-order valence-corrected chi connectivity index (χ3v) is 5.70. The Balaban J connectivity index is 0. The number of esters is 1. The monoisotopic (exact) mass is 606 g/mol. The van der Waals surface area contributed by atoms with E-state index in [9.17, 15) is 30.3 Å². The third-order valence-electron chi connectivity index (χ3n) is 5.70. The Morgan fingerprint density at radius 1 is 0.721 bits per heavy atom. The lowest BCUT2D eigenvalue weighted by Gasteiger charge is -2.32. The summed E-state index contributed by atoms with van der Waals surface area (Å²) in [6.45, 7) is 21.1. The quantitative estimate of drug-likeness (QED) is 0.113. The predicted molar refractivity (Wildman–Crippen MR) is 169 cm³/mol. The largest absolute Gasteiger partial charge is 0.507 e. The van der Waals surface area contributed by atoms with Crippen molar-refractivity contribution in [3.05, 3.63) is 58.7 Å². The van der Waals surface area contributed by atoms with Gasteiger partial charge < -0.3 is 45.2 Å². The lowest BCUT2D eigenvalue weighted by atomic mass is 9.89. The lowest BCUT2D eigenvalue weighted by Crippen LogP contribution is -2.34. The number of fused-ring (bicyclic) bond motifs is 1. The van der Waals surface area contributed by atoms with Crippen molar-refractivity contribution in [2.24, 2.45) is 0 Å². The van der Waals surface area contributed by atoms with E-state index in [-0.39, 0.29) is 35.2 Å². The van der Waals surface area contributed by atoms with Gasteiger partial charge >= 0.3 is 5.97 Å². The Labute approximate surface area is 255 Å². The Kier molecular flexibility index (Phi) is 19.3. The molecule has 1 heterocycles. The average molecular weight is 607 g/mol. The van der Waals surface area contributed by atoms with Crippen LogP contribution in [0.5, 0.6) is 46.0 Å². The Hall–Kier alpha value is -4.47. The maximum absolute atomic E-state index is 12.3. The van der Waals surface area contributed by atoms with Crippen LogP contribution in [0.2, 0.25) is 0 Å². The Morgan fingerprint density at radius 2 is 1.23 bits per heavy atom. The Bertz CT molecular complexity index is 1230. The van der Waals surface area contributed by atoms with Crippen LogP contribution in [0.15, 0.2) is 36.4 Å². The van der Waals surface area contributed by atoms with E-state index in [4.69, 9.17) is 19.7 Å². The second kappa shape index (κ2) is 20.4. The number of aromatic hydroxyl groups is 7. The van der Waals surface area contributed by atoms with Gasteiger partial charge in [-0.05, 0) is 37.6 Å². The smallest absolute Gasteiger partial charge is 0.338 e. The molecule has 0 aliphatic carbocycles. The second-order valence-electron chi connectivity index (χ2n) is 8.13. The van der Waals surface area contributed by atoms with E-state index in [1.807, 2.05) is 55.4 Å². The van der Waals surface area contributed by atoms with Crippen LogP contribution in [0.4, 0.5) is 0 Å². The molecule has 3 aromatic carbocycles. The molecule has 2 atom stereocenters. The highest BCUT2D eigenvalue weighted by molar-refractivity contribution is 5.91. The first-order valence-corrected chi connectivity index (χ1v) is 14.5. The first-order chi connectivity index (χ1) is 20.4. The molecule has 0 aromatic heterocycles. The number of ether oxygens (including phenoxy) is 2. The van der Waals surface area contributed by atoms with Crippen LogP contribution >= 0.6 is 0 Å². The van der Waals surface area contributed by atoms with Crippen LogP contribution < -0.4 is 4.74 Å². The topological polar surface area (TPSA) is 177 Å². The number of para-hydroxylation sites is 1. The molecule has 242 valence electrons. The number of rotatable bonds is 2. The third kappa shape index (κ3) is 10.7. The van der Waals surface area contributed by atoms with Crippen LogP contribution in [0.3, 0.4) is 0 Å². The van der Waals surface area contributed by atoms with Crippen molar-refractivity contribution in [2.45, 2.75) is 88.2 Å². The van der Waals surface area contributed by atoms with Crippen LogP contribution in [-0.2, 0) is 4.74 Å². The number of benzene rings is 3. The minimum atomic E-state index is -0.838. The zero-order chi connectivity index (χ0) is 34.0. The first-order valence-electron chi connectivity index (χ1n) is 14.5. The summed E-state index contributed by atoms with van der Waals surface area (Å²) in [6.07, 6.45) is -0.747. The van der Waals surface area contributed by atoms with Gasteiger partial charge in [-0.1, -0.05) is 74.4 Å². The van der Waals surface area contributed by atoms with E-state index in [0.717, 1.165) is 12.1 Å². The fourth-order valence-corrected chi connectivity index (χ4v) is 3.58. The van der Waals surface area contributed by atoms with Gasteiger partial charge in [0.25, 0.3) is 0 Å². The van der Waals surface area contributed by atoms with Gasteiger partial charge in [-0.3, -0.25) is 0 Å². The van der Waals surface area contributed by atoms with Gasteiger partial charge in [-0.15, -0.1) is 0 Å². The van der Waals surface area contributed by atoms with Gasteiger partial charge in [0.15, 0.2) is 28.7 Å². The highest BCUT2D eigenvalue weighted by Crippen LogP contribution is 2.46. The van der Waals surface area contributed by atoms with Crippen molar-refractivity contribution in [3.8, 4) is 46.0 Å². The van der Waals surface area contributed by atoms with E-state index in [1.54, 1.807) is 32.9 Å². The summed E-state index contributed by atoms with van der Waals surface area (Å²) in [5.41, 5.74) is 1.43. The highest BCUT2D eigenvalue weighted by Gasteiger charge is 2.35. The molecule has 0 saturated heterocycles. The summed E-state index contributed by atoms with van der Waals surface area (Å²) in [5, 5.41) is 66.1. The standard InChI is InChI=1S/C18H18O8.C7H8O2.4C2H6/c1-7-10(19)5-11(20)15-8(2)14(6-25-17(7)15)26-18(24)9-3-12(21)16(23)13(22)4-9;1-5-3-2-4-6(8)7(5)9;4*1-2/h3-5,8,14,19-23H,6H2,1-2H3;2-4,8-9H,1H3;4*1-2H3. The molecule has 0 radical (unpaired) electrons. The number of hydrogen-bond donors (Lipinski definition) is 7. The lowest BCUT2D eigenvalue weighted by molar-refractivity contribution is 0.00400. The fourth-order valence-electron chi connectivity index (χ4n) is 3.58. The molecule has 10 nitrogen and oxygen atoms in total. The molecule has 4 rings (SSSR count). The van der Waals surface area contributed by atoms with Crippen molar-refractivity contribution in [3.63, 3.8) is 0 Å². The second-order valence-corrected chi connectivity index (χ2v) is 8.13. The van der Waals surface area contributed by atoms with E-state index < -0.39 is 35.2 Å². The zero-order valence-corrected chi connectivity index (χ0v) is 27.2. The minimum Gasteiger partial charge on any atom is -0.507 e. The number of carbonyl (C=O) groups is 1. The summed E-state index contributed by atoms with van der Waals surface area (Å²) >= 11 is 0. The molecule has 3 aromatic rings. The molecule has 2 unspecified atom stereocenters. The molecule has 7 N–H and O–H groups in total. The normalized spacial score (nSPS) is 13.8. The number of phenolic OH excluding ortho intramolecular Hbond substituents is 7. The van der Waals surface area contributed by atoms with Gasteiger partial charge in [-0.2, -0.15) is 0 Å². The van der Waals surface area contributed by atoms with Crippen molar-refractivity contribution in [1.29, 1.82) is 0 Å². The molecule has 1 aliphatic rings. The molecule has 0 amide bonds. The number of carbonyl (C=O) groups excluding carboxylic acids is 1. The molecular formula is C33H50O10. The van der Waals surface area contributed by atoms with Gasteiger partial charge in [-0.25, -0.2) is 4.79 Å². The van der Waals surface area contributed by atoms with E-state index >= 15 is 0 Å². The van der Waals surface area contributed by atoms with Crippen molar-refractivity contribution in [1.82, 2.24) is 0 Å². The maximum Gasteiger partial charge on any atom is 0.338 e. The van der Waals surface area contributed by atoms with Crippen molar-refractivity contribution >= 4 is 5.97 Å². The molecule has 0 saturated carbocycles. The molecule has 1 aliphatic heterocycles. The number of phenols is 7. The van der Waals surface area contributed by atoms with Crippen LogP contribution in [0, 0.1) is 13.8 Å². The van der Waals surface area contributed by atoms with Gasteiger partial charge in [0.1, 0.15) is 30.0 Å². The number of aryl methyl sites for hydroxylation is 1. The van der Waals surface area contributed by atoms with Crippen LogP contribution in [0.25, 0.3) is 0 Å². The number of hydrogen-bond acceptors (Lipinski definition) is 10. The van der Waals surface area contributed by atoms with Crippen molar-refractivity contribution in [2.75, 3.05) is 6.61 Å². The molecular weight excluding hydrogens is 556 g/mol. The molecule has 0 spiro atoms. The maximum atomic E-state index is 12.3. The summed E-state index contributed by atoms with van der Waals surface area (Å²) in [7, 11) is 0. The fraction of sp³-hybridized carbons (Fsp3) is 0.424. The predicted octanol–water partition coefficient (Wildman–Crippen LogP) is 7.76. The SMILES string of the molecule is CC.CC.CC.CC.Cc1c(O)cc(O)c2c1OCC(OC(=O)c1cc(O)c(O)c(O)c1)C2C.Cc1cccc(O)c1O. The van der Waals surface area contributed by atoms with Crippen LogP contribution in [-0.4, -0.2) is 54.4 Å². The van der Waals surface area contributed by atoms with E-state index in [0.29, 0.717) is 22.4 Å². The summed E-state index contributed by atoms with van der Waals surface area (Å²) < 4.78 is 10.9. The molecule has 43 heavy (non-hydrogen) atoms. The van der Waals surface area contributed by atoms with Gasteiger partial charge in [0, 0.05) is 23.1 Å². The highest BCUT2D eigenvalue weighted by atomic mass is 16.6. The van der Waals surface area contributed by atoms with E-state index in [2.05, 4.69) is 0 Å². The summed E-state index contributed by atoms with van der Waals surface area (Å²) in [5.74, 6) is -3.32. The zero-order valence-electron chi connectivity index (χ0n) is 27.2. The van der Waals surface area contributed by atoms with Crippen molar-refractivity contribution < 1.29 is 50.0 Å². The van der Waals surface area contributed by atoms with Gasteiger partial charge in [0.05, 0.1) is 5.56 Å². The van der Waals surface area contributed by atoms with E-state index in [1.165, 1.54) is 12.1 Å². The summed E-state index contributed by atoms with van der Waals surface area (Å²) in [4.78, 5) is 12.3. The van der Waals surface area contributed by atoms with Crippen LogP contribution in [0.1, 0.15) is 95.3 Å². The minimum absolute atomic E-state index is 0.000310. The first kappa shape index (κ1) is 40.7. The molecule has 0 bridgehead atoms. The van der Waals surface area contributed by atoms with Gasteiger partial charge in [0.2, 0.25) is 0 Å².